The Hall–Kier alpha value is -3.06. The van der Waals surface area contributed by atoms with Gasteiger partial charge >= 0.3 is 0 Å². The molecule has 4 heteroatoms. The lowest BCUT2D eigenvalue weighted by atomic mass is 9.68. The summed E-state index contributed by atoms with van der Waals surface area (Å²) in [6.07, 6.45) is 2.30. The van der Waals surface area contributed by atoms with E-state index in [1.165, 1.54) is 11.1 Å². The van der Waals surface area contributed by atoms with Gasteiger partial charge in [0.05, 0.1) is 17.0 Å². The van der Waals surface area contributed by atoms with Crippen molar-refractivity contribution in [1.29, 1.82) is 5.26 Å². The van der Waals surface area contributed by atoms with Crippen LogP contribution < -0.4 is 9.47 Å². The molecule has 0 bridgehead atoms. The van der Waals surface area contributed by atoms with E-state index < -0.39 is 5.41 Å². The van der Waals surface area contributed by atoms with Gasteiger partial charge in [0.25, 0.3) is 0 Å². The molecule has 3 aromatic rings. The summed E-state index contributed by atoms with van der Waals surface area (Å²) < 4.78 is 11.0. The Labute approximate surface area is 152 Å². The molecule has 2 aliphatic rings. The molecule has 0 unspecified atom stereocenters. The van der Waals surface area contributed by atoms with Gasteiger partial charge < -0.3 is 9.47 Å². The van der Waals surface area contributed by atoms with E-state index in [-0.39, 0.29) is 6.79 Å². The highest BCUT2D eigenvalue weighted by Crippen LogP contribution is 2.42. The molecule has 1 aliphatic carbocycles. The molecule has 4 nitrogen and oxygen atoms in total. The number of benzene rings is 2. The highest BCUT2D eigenvalue weighted by atomic mass is 16.7. The van der Waals surface area contributed by atoms with Crippen molar-refractivity contribution in [2.24, 2.45) is 0 Å². The van der Waals surface area contributed by atoms with Crippen molar-refractivity contribution < 1.29 is 9.47 Å². The summed E-state index contributed by atoms with van der Waals surface area (Å²) in [7, 11) is 0. The highest BCUT2D eigenvalue weighted by Gasteiger charge is 2.38. The molecule has 0 fully saturated rings. The standard InChI is InChI=1S/C22H18N2O2/c1-14-16-9-20-21(26-13-25-20)10-19(16)24-18-7-8-22(12-23,11-17(14)18)15-5-3-2-4-6-15/h2-6,9-10H,7-8,11,13H2,1H3/t22-/m0/s1. The van der Waals surface area contributed by atoms with E-state index in [1.807, 2.05) is 30.3 Å². The van der Waals surface area contributed by atoms with Gasteiger partial charge in [0, 0.05) is 17.1 Å². The third-order valence-corrected chi connectivity index (χ3v) is 5.76. The summed E-state index contributed by atoms with van der Waals surface area (Å²) in [5.74, 6) is 1.53. The molecule has 0 saturated heterocycles. The lowest BCUT2D eigenvalue weighted by Gasteiger charge is -2.33. The number of rotatable bonds is 1. The summed E-state index contributed by atoms with van der Waals surface area (Å²) in [5.41, 5.74) is 5.06. The van der Waals surface area contributed by atoms with Crippen LogP contribution in [0.1, 0.15) is 28.8 Å². The number of aromatic nitrogens is 1. The van der Waals surface area contributed by atoms with Crippen LogP contribution in [0.4, 0.5) is 0 Å². The number of pyridine rings is 1. The lowest BCUT2D eigenvalue weighted by molar-refractivity contribution is 0.174. The van der Waals surface area contributed by atoms with Gasteiger partial charge in [-0.1, -0.05) is 30.3 Å². The van der Waals surface area contributed by atoms with E-state index in [0.717, 1.165) is 46.5 Å². The largest absolute Gasteiger partial charge is 0.454 e. The van der Waals surface area contributed by atoms with E-state index in [1.54, 1.807) is 0 Å². The fourth-order valence-corrected chi connectivity index (χ4v) is 4.24. The van der Waals surface area contributed by atoms with Crippen LogP contribution in [0.25, 0.3) is 10.9 Å². The van der Waals surface area contributed by atoms with Crippen LogP contribution in [0, 0.1) is 18.3 Å². The van der Waals surface area contributed by atoms with Crippen molar-refractivity contribution >= 4 is 10.9 Å². The maximum Gasteiger partial charge on any atom is 0.231 e. The number of aryl methyl sites for hydroxylation is 2. The molecule has 0 spiro atoms. The number of hydrogen-bond donors (Lipinski definition) is 0. The van der Waals surface area contributed by atoms with Crippen LogP contribution in [0.2, 0.25) is 0 Å². The summed E-state index contributed by atoms with van der Waals surface area (Å²) in [4.78, 5) is 4.90. The third kappa shape index (κ3) is 2.10. The summed E-state index contributed by atoms with van der Waals surface area (Å²) in [5, 5.41) is 11.1. The molecule has 1 aliphatic heterocycles. The molecule has 1 atom stereocenters. The second-order valence-electron chi connectivity index (χ2n) is 7.12. The number of nitriles is 1. The molecule has 128 valence electrons. The number of fused-ring (bicyclic) bond motifs is 3. The van der Waals surface area contributed by atoms with Crippen molar-refractivity contribution in [3.05, 3.63) is 64.8 Å². The molecule has 26 heavy (non-hydrogen) atoms. The summed E-state index contributed by atoms with van der Waals surface area (Å²) in [6, 6.07) is 16.8. The average molecular weight is 342 g/mol. The van der Waals surface area contributed by atoms with Gasteiger partial charge in [-0.05, 0) is 48.9 Å². The normalized spacial score (nSPS) is 20.6. The number of nitrogens with zero attached hydrogens (tertiary/aromatic N) is 2. The Balaban J connectivity index is 1.68. The minimum atomic E-state index is -0.481. The van der Waals surface area contributed by atoms with Gasteiger partial charge in [-0.3, -0.25) is 4.98 Å². The minimum absolute atomic E-state index is 0.260. The zero-order valence-electron chi connectivity index (χ0n) is 14.6. The van der Waals surface area contributed by atoms with Gasteiger partial charge in [-0.2, -0.15) is 5.26 Å². The topological polar surface area (TPSA) is 55.1 Å². The van der Waals surface area contributed by atoms with Gasteiger partial charge in [0.15, 0.2) is 11.5 Å². The van der Waals surface area contributed by atoms with E-state index in [9.17, 15) is 5.26 Å². The minimum Gasteiger partial charge on any atom is -0.454 e. The Morgan fingerprint density at radius 2 is 1.88 bits per heavy atom. The lowest BCUT2D eigenvalue weighted by Crippen LogP contribution is -2.33. The molecular weight excluding hydrogens is 324 g/mol. The Bertz CT molecular complexity index is 1070. The molecule has 0 radical (unpaired) electrons. The van der Waals surface area contributed by atoms with Crippen LogP contribution in [0.15, 0.2) is 42.5 Å². The molecule has 0 N–H and O–H groups in total. The van der Waals surface area contributed by atoms with Crippen molar-refractivity contribution in [3.8, 4) is 17.6 Å². The van der Waals surface area contributed by atoms with E-state index in [2.05, 4.69) is 25.1 Å². The Morgan fingerprint density at radius 3 is 2.65 bits per heavy atom. The van der Waals surface area contributed by atoms with Crippen molar-refractivity contribution in [2.45, 2.75) is 31.6 Å². The summed E-state index contributed by atoms with van der Waals surface area (Å²) in [6.45, 7) is 2.39. The molecule has 5 rings (SSSR count). The molecule has 1 aromatic heterocycles. The van der Waals surface area contributed by atoms with Crippen LogP contribution in [-0.4, -0.2) is 11.8 Å². The van der Waals surface area contributed by atoms with Crippen molar-refractivity contribution in [3.63, 3.8) is 0 Å². The first-order valence-corrected chi connectivity index (χ1v) is 8.89. The second-order valence-corrected chi connectivity index (χ2v) is 7.12. The van der Waals surface area contributed by atoms with Gasteiger partial charge in [-0.15, -0.1) is 0 Å². The van der Waals surface area contributed by atoms with Crippen molar-refractivity contribution in [1.82, 2.24) is 4.98 Å². The van der Waals surface area contributed by atoms with Gasteiger partial charge in [0.2, 0.25) is 6.79 Å². The van der Waals surface area contributed by atoms with Gasteiger partial charge in [0.1, 0.15) is 0 Å². The van der Waals surface area contributed by atoms with E-state index in [4.69, 9.17) is 14.5 Å². The zero-order valence-corrected chi connectivity index (χ0v) is 14.6. The first-order chi connectivity index (χ1) is 12.7. The van der Waals surface area contributed by atoms with Crippen LogP contribution in [-0.2, 0) is 18.3 Å². The fourth-order valence-electron chi connectivity index (χ4n) is 4.24. The third-order valence-electron chi connectivity index (χ3n) is 5.76. The predicted molar refractivity (Wildman–Crippen MR) is 98.4 cm³/mol. The van der Waals surface area contributed by atoms with Gasteiger partial charge in [-0.25, -0.2) is 0 Å². The first kappa shape index (κ1) is 15.2. The summed E-state index contributed by atoms with van der Waals surface area (Å²) >= 11 is 0. The Morgan fingerprint density at radius 1 is 1.12 bits per heavy atom. The molecular formula is C22H18N2O2. The van der Waals surface area contributed by atoms with Crippen LogP contribution in [0.3, 0.4) is 0 Å². The highest BCUT2D eigenvalue weighted by molar-refractivity contribution is 5.87. The van der Waals surface area contributed by atoms with E-state index >= 15 is 0 Å². The molecule has 0 amide bonds. The zero-order chi connectivity index (χ0) is 17.7. The Kier molecular flexibility index (Phi) is 3.20. The fraction of sp³-hybridized carbons (Fsp3) is 0.273. The quantitative estimate of drug-likeness (QED) is 0.664. The average Bonchev–Trinajstić information content (AvgIpc) is 3.15. The molecule has 2 heterocycles. The smallest absolute Gasteiger partial charge is 0.231 e. The maximum atomic E-state index is 10.0. The predicted octanol–water partition coefficient (Wildman–Crippen LogP) is 4.22. The van der Waals surface area contributed by atoms with Crippen molar-refractivity contribution in [2.75, 3.05) is 6.79 Å². The number of hydrogen-bond acceptors (Lipinski definition) is 4. The second kappa shape index (κ2) is 5.47. The monoisotopic (exact) mass is 342 g/mol. The van der Waals surface area contributed by atoms with Crippen LogP contribution in [0.5, 0.6) is 11.5 Å². The van der Waals surface area contributed by atoms with E-state index in [0.29, 0.717) is 6.42 Å². The first-order valence-electron chi connectivity index (χ1n) is 8.89. The molecule has 0 saturated carbocycles. The number of ether oxygens (including phenoxy) is 2. The van der Waals surface area contributed by atoms with Crippen LogP contribution >= 0.6 is 0 Å². The molecule has 2 aromatic carbocycles. The maximum absolute atomic E-state index is 10.0. The SMILES string of the molecule is Cc1c2c(nc3cc4c(cc13)OCO4)CC[C@](C#N)(c1ccccc1)C2.